The number of nitrogens with one attached hydrogen (secondary N) is 1. The molecule has 5 heteroatoms. The zero-order chi connectivity index (χ0) is 16.7. The van der Waals surface area contributed by atoms with E-state index in [0.29, 0.717) is 17.9 Å². The molecule has 2 aromatic rings. The van der Waals surface area contributed by atoms with Crippen LogP contribution in [0.5, 0.6) is 5.88 Å². The van der Waals surface area contributed by atoms with Crippen molar-refractivity contribution < 1.29 is 14.6 Å². The van der Waals surface area contributed by atoms with E-state index < -0.39 is 0 Å². The minimum Gasteiger partial charge on any atom is -0.475 e. The predicted octanol–water partition coefficient (Wildman–Crippen LogP) is 2.72. The SMILES string of the molecule is CC(C)Oc1ccc(C(=O)NC(CCO)c2ccccc2)cn1. The predicted molar refractivity (Wildman–Crippen MR) is 88.4 cm³/mol. The third-order valence-corrected chi connectivity index (χ3v) is 3.28. The standard InChI is InChI=1S/C18H22N2O3/c1-13(2)23-17-9-8-15(12-19-17)18(22)20-16(10-11-21)14-6-4-3-5-7-14/h3-9,12-13,16,21H,10-11H2,1-2H3,(H,20,22). The summed E-state index contributed by atoms with van der Waals surface area (Å²) >= 11 is 0. The Hall–Kier alpha value is -2.40. The van der Waals surface area contributed by atoms with Gasteiger partial charge in [-0.3, -0.25) is 4.79 Å². The van der Waals surface area contributed by atoms with Crippen molar-refractivity contribution in [1.29, 1.82) is 0 Å². The minimum atomic E-state index is -0.236. The van der Waals surface area contributed by atoms with Gasteiger partial charge in [0, 0.05) is 18.9 Å². The molecular formula is C18H22N2O3. The first-order valence-corrected chi connectivity index (χ1v) is 7.69. The van der Waals surface area contributed by atoms with Gasteiger partial charge in [-0.1, -0.05) is 30.3 Å². The molecule has 5 nitrogen and oxygen atoms in total. The van der Waals surface area contributed by atoms with Gasteiger partial charge in [-0.2, -0.15) is 0 Å². The van der Waals surface area contributed by atoms with Crippen molar-refractivity contribution in [3.05, 3.63) is 59.8 Å². The van der Waals surface area contributed by atoms with Crippen LogP contribution in [0.1, 0.15) is 42.2 Å². The third kappa shape index (κ3) is 5.07. The fourth-order valence-corrected chi connectivity index (χ4v) is 2.20. The zero-order valence-corrected chi connectivity index (χ0v) is 13.4. The number of ether oxygens (including phenoxy) is 1. The summed E-state index contributed by atoms with van der Waals surface area (Å²) in [5.41, 5.74) is 1.42. The molecule has 1 aromatic carbocycles. The summed E-state index contributed by atoms with van der Waals surface area (Å²) in [5.74, 6) is 0.266. The quantitative estimate of drug-likeness (QED) is 0.824. The number of hydrogen-bond donors (Lipinski definition) is 2. The van der Waals surface area contributed by atoms with Gasteiger partial charge in [0.05, 0.1) is 17.7 Å². The normalized spacial score (nSPS) is 12.0. The first kappa shape index (κ1) is 17.0. The van der Waals surface area contributed by atoms with Crippen LogP contribution in [-0.4, -0.2) is 28.7 Å². The monoisotopic (exact) mass is 314 g/mol. The first-order chi connectivity index (χ1) is 11.1. The minimum absolute atomic E-state index is 0.000737. The van der Waals surface area contributed by atoms with E-state index in [0.717, 1.165) is 5.56 Å². The number of carbonyl (C=O) groups is 1. The van der Waals surface area contributed by atoms with Crippen LogP contribution in [0, 0.1) is 0 Å². The number of benzene rings is 1. The lowest BCUT2D eigenvalue weighted by atomic mass is 10.0. The second kappa shape index (κ2) is 8.29. The Bertz CT molecular complexity index is 612. The molecule has 2 N–H and O–H groups in total. The summed E-state index contributed by atoms with van der Waals surface area (Å²) in [5, 5.41) is 12.2. The van der Waals surface area contributed by atoms with Crippen LogP contribution in [0.4, 0.5) is 0 Å². The molecule has 0 fully saturated rings. The molecule has 122 valence electrons. The lowest BCUT2D eigenvalue weighted by molar-refractivity contribution is 0.0929. The largest absolute Gasteiger partial charge is 0.475 e. The summed E-state index contributed by atoms with van der Waals surface area (Å²) in [6.45, 7) is 3.84. The van der Waals surface area contributed by atoms with Gasteiger partial charge in [-0.25, -0.2) is 4.98 Å². The molecule has 0 aliphatic rings. The van der Waals surface area contributed by atoms with Gasteiger partial charge in [-0.15, -0.1) is 0 Å². The number of hydrogen-bond acceptors (Lipinski definition) is 4. The summed E-state index contributed by atoms with van der Waals surface area (Å²) in [6, 6.07) is 12.7. The first-order valence-electron chi connectivity index (χ1n) is 7.69. The average molecular weight is 314 g/mol. The number of aliphatic hydroxyl groups excluding tert-OH is 1. The van der Waals surface area contributed by atoms with Gasteiger partial charge in [-0.05, 0) is 31.9 Å². The maximum atomic E-state index is 12.4. The molecule has 0 aliphatic carbocycles. The van der Waals surface area contributed by atoms with Crippen molar-refractivity contribution in [1.82, 2.24) is 10.3 Å². The fourth-order valence-electron chi connectivity index (χ4n) is 2.20. The number of pyridine rings is 1. The zero-order valence-electron chi connectivity index (χ0n) is 13.4. The average Bonchev–Trinajstić information content (AvgIpc) is 2.55. The molecular weight excluding hydrogens is 292 g/mol. The van der Waals surface area contributed by atoms with Gasteiger partial charge in [0.1, 0.15) is 0 Å². The number of rotatable bonds is 7. The Kier molecular flexibility index (Phi) is 6.11. The summed E-state index contributed by atoms with van der Waals surface area (Å²) in [7, 11) is 0. The molecule has 0 aliphatic heterocycles. The van der Waals surface area contributed by atoms with E-state index in [2.05, 4.69) is 10.3 Å². The van der Waals surface area contributed by atoms with Crippen molar-refractivity contribution in [2.24, 2.45) is 0 Å². The maximum absolute atomic E-state index is 12.4. The molecule has 1 unspecified atom stereocenters. The van der Waals surface area contributed by atoms with E-state index in [-0.39, 0.29) is 24.7 Å². The molecule has 1 aromatic heterocycles. The van der Waals surface area contributed by atoms with Crippen molar-refractivity contribution in [3.63, 3.8) is 0 Å². The number of nitrogens with zero attached hydrogens (tertiary/aromatic N) is 1. The summed E-state index contributed by atoms with van der Waals surface area (Å²) in [4.78, 5) is 16.5. The van der Waals surface area contributed by atoms with Gasteiger partial charge < -0.3 is 15.2 Å². The Labute approximate surface area is 136 Å². The summed E-state index contributed by atoms with van der Waals surface area (Å²) < 4.78 is 5.46. The van der Waals surface area contributed by atoms with Gasteiger partial charge in [0.25, 0.3) is 5.91 Å². The second-order valence-corrected chi connectivity index (χ2v) is 5.50. The Morgan fingerprint density at radius 1 is 1.22 bits per heavy atom. The van der Waals surface area contributed by atoms with E-state index in [4.69, 9.17) is 4.74 Å². The van der Waals surface area contributed by atoms with Crippen LogP contribution in [0.25, 0.3) is 0 Å². The van der Waals surface area contributed by atoms with Crippen molar-refractivity contribution >= 4 is 5.91 Å². The van der Waals surface area contributed by atoms with Gasteiger partial charge in [0.15, 0.2) is 0 Å². The number of aliphatic hydroxyl groups is 1. The van der Waals surface area contributed by atoms with E-state index in [1.807, 2.05) is 44.2 Å². The highest BCUT2D eigenvalue weighted by Gasteiger charge is 2.15. The van der Waals surface area contributed by atoms with Crippen LogP contribution >= 0.6 is 0 Å². The second-order valence-electron chi connectivity index (χ2n) is 5.50. The molecule has 0 spiro atoms. The van der Waals surface area contributed by atoms with Gasteiger partial charge >= 0.3 is 0 Å². The van der Waals surface area contributed by atoms with Crippen molar-refractivity contribution in [3.8, 4) is 5.88 Å². The highest BCUT2D eigenvalue weighted by molar-refractivity contribution is 5.94. The molecule has 2 rings (SSSR count). The summed E-state index contributed by atoms with van der Waals surface area (Å²) in [6.07, 6.45) is 1.99. The highest BCUT2D eigenvalue weighted by atomic mass is 16.5. The lowest BCUT2D eigenvalue weighted by Gasteiger charge is -2.18. The smallest absolute Gasteiger partial charge is 0.253 e. The Morgan fingerprint density at radius 2 is 1.96 bits per heavy atom. The maximum Gasteiger partial charge on any atom is 0.253 e. The van der Waals surface area contributed by atoms with E-state index in [9.17, 15) is 9.90 Å². The Balaban J connectivity index is 2.06. The molecule has 1 atom stereocenters. The lowest BCUT2D eigenvalue weighted by Crippen LogP contribution is -2.29. The molecule has 0 bridgehead atoms. The number of carbonyl (C=O) groups excluding carboxylic acids is 1. The highest BCUT2D eigenvalue weighted by Crippen LogP contribution is 2.17. The van der Waals surface area contributed by atoms with E-state index in [1.54, 1.807) is 12.1 Å². The van der Waals surface area contributed by atoms with E-state index >= 15 is 0 Å². The van der Waals surface area contributed by atoms with Crippen LogP contribution in [0.3, 0.4) is 0 Å². The molecule has 0 radical (unpaired) electrons. The number of amides is 1. The van der Waals surface area contributed by atoms with Crippen molar-refractivity contribution in [2.45, 2.75) is 32.4 Å². The molecule has 0 saturated carbocycles. The third-order valence-electron chi connectivity index (χ3n) is 3.28. The molecule has 0 saturated heterocycles. The topological polar surface area (TPSA) is 71.5 Å². The van der Waals surface area contributed by atoms with Crippen LogP contribution in [0.15, 0.2) is 48.7 Å². The van der Waals surface area contributed by atoms with E-state index in [1.165, 1.54) is 6.20 Å². The van der Waals surface area contributed by atoms with Crippen LogP contribution < -0.4 is 10.1 Å². The fraction of sp³-hybridized carbons (Fsp3) is 0.333. The molecule has 23 heavy (non-hydrogen) atoms. The van der Waals surface area contributed by atoms with Gasteiger partial charge in [0.2, 0.25) is 5.88 Å². The van der Waals surface area contributed by atoms with Crippen LogP contribution in [0.2, 0.25) is 0 Å². The number of aromatic nitrogens is 1. The Morgan fingerprint density at radius 3 is 2.52 bits per heavy atom. The van der Waals surface area contributed by atoms with Crippen molar-refractivity contribution in [2.75, 3.05) is 6.61 Å². The molecule has 1 amide bonds. The van der Waals surface area contributed by atoms with Crippen LogP contribution in [-0.2, 0) is 0 Å². The molecule has 1 heterocycles.